The summed E-state index contributed by atoms with van der Waals surface area (Å²) in [5.74, 6) is 0.745. The number of hydrogen-bond acceptors (Lipinski definition) is 2. The maximum absolute atomic E-state index is 5.23. The van der Waals surface area contributed by atoms with Gasteiger partial charge < -0.3 is 4.74 Å². The smallest absolute Gasteiger partial charge is 0.120 e. The normalized spacial score (nSPS) is 9.64. The van der Waals surface area contributed by atoms with Crippen molar-refractivity contribution >= 4 is 33.0 Å². The van der Waals surface area contributed by atoms with Crippen molar-refractivity contribution in [2.45, 2.75) is 6.92 Å². The van der Waals surface area contributed by atoms with E-state index in [9.17, 15) is 0 Å². The highest BCUT2D eigenvalue weighted by molar-refractivity contribution is 9.11. The van der Waals surface area contributed by atoms with E-state index in [0.717, 1.165) is 15.1 Å². The van der Waals surface area contributed by atoms with Crippen LogP contribution in [0, 0.1) is 0 Å². The van der Waals surface area contributed by atoms with Gasteiger partial charge in [-0.2, -0.15) is 0 Å². The summed E-state index contributed by atoms with van der Waals surface area (Å²) in [5, 5.41) is 2.02. The highest BCUT2D eigenvalue weighted by atomic mass is 79.9. The third kappa shape index (κ3) is 2.34. The summed E-state index contributed by atoms with van der Waals surface area (Å²) in [5.41, 5.74) is 1.06. The second-order valence-corrected chi connectivity index (χ2v) is 4.29. The molecule has 60 valence electrons. The topological polar surface area (TPSA) is 9.23 Å². The van der Waals surface area contributed by atoms with E-state index in [-0.39, 0.29) is 0 Å². The number of rotatable bonds is 3. The average molecular weight is 233 g/mol. The van der Waals surface area contributed by atoms with Gasteiger partial charge in [0, 0.05) is 10.9 Å². The molecule has 0 aliphatic rings. The Hall–Kier alpha value is -0.280. The fourth-order valence-electron chi connectivity index (χ4n) is 0.714. The first kappa shape index (κ1) is 8.81. The first-order valence-electron chi connectivity index (χ1n) is 3.30. The van der Waals surface area contributed by atoms with Gasteiger partial charge in [-0.1, -0.05) is 6.58 Å². The molecule has 0 saturated carbocycles. The third-order valence-electron chi connectivity index (χ3n) is 1.21. The number of hydrogen-bond donors (Lipinski definition) is 0. The Morgan fingerprint density at radius 1 is 1.82 bits per heavy atom. The molecule has 3 heteroatoms. The molecule has 0 spiro atoms. The Kier molecular flexibility index (Phi) is 3.15. The van der Waals surface area contributed by atoms with Crippen molar-refractivity contribution in [1.29, 1.82) is 0 Å². The molecule has 11 heavy (non-hydrogen) atoms. The second-order valence-electron chi connectivity index (χ2n) is 2.00. The quantitative estimate of drug-likeness (QED) is 0.726. The fraction of sp³-hybridized carbons (Fsp3) is 0.250. The van der Waals surface area contributed by atoms with Crippen molar-refractivity contribution < 1.29 is 4.74 Å². The summed E-state index contributed by atoms with van der Waals surface area (Å²) < 4.78 is 6.34. The van der Waals surface area contributed by atoms with Crippen LogP contribution >= 0.6 is 27.3 Å². The number of thiophene rings is 1. The van der Waals surface area contributed by atoms with Crippen LogP contribution in [0.25, 0.3) is 5.76 Å². The monoisotopic (exact) mass is 232 g/mol. The van der Waals surface area contributed by atoms with Gasteiger partial charge in [-0.3, -0.25) is 0 Å². The third-order valence-corrected chi connectivity index (χ3v) is 2.71. The fourth-order valence-corrected chi connectivity index (χ4v) is 1.87. The van der Waals surface area contributed by atoms with Crippen molar-refractivity contribution in [3.05, 3.63) is 27.4 Å². The van der Waals surface area contributed by atoms with Crippen LogP contribution in [0.4, 0.5) is 0 Å². The highest BCUT2D eigenvalue weighted by Gasteiger charge is 2.00. The molecule has 0 unspecified atom stereocenters. The Morgan fingerprint density at radius 3 is 3.00 bits per heavy atom. The zero-order valence-corrected chi connectivity index (χ0v) is 8.67. The van der Waals surface area contributed by atoms with Gasteiger partial charge in [0.1, 0.15) is 5.76 Å². The van der Waals surface area contributed by atoms with E-state index < -0.39 is 0 Å². The van der Waals surface area contributed by atoms with E-state index in [1.807, 2.05) is 18.4 Å². The summed E-state index contributed by atoms with van der Waals surface area (Å²) in [6.07, 6.45) is 0. The number of halogens is 1. The van der Waals surface area contributed by atoms with Gasteiger partial charge in [-0.05, 0) is 28.9 Å². The van der Waals surface area contributed by atoms with Crippen LogP contribution in [0.1, 0.15) is 12.5 Å². The average Bonchev–Trinajstić information content (AvgIpc) is 2.36. The van der Waals surface area contributed by atoms with Crippen LogP contribution in [-0.2, 0) is 4.74 Å². The van der Waals surface area contributed by atoms with Crippen LogP contribution < -0.4 is 0 Å². The summed E-state index contributed by atoms with van der Waals surface area (Å²) in [4.78, 5) is 0. The molecular weight excluding hydrogens is 224 g/mol. The van der Waals surface area contributed by atoms with E-state index in [0.29, 0.717) is 6.61 Å². The van der Waals surface area contributed by atoms with Crippen molar-refractivity contribution in [3.8, 4) is 0 Å². The SMILES string of the molecule is C=C(OCC)c1csc(Br)c1. The first-order chi connectivity index (χ1) is 5.24. The molecule has 0 aliphatic heterocycles. The van der Waals surface area contributed by atoms with Crippen LogP contribution in [-0.4, -0.2) is 6.61 Å². The van der Waals surface area contributed by atoms with E-state index in [1.165, 1.54) is 0 Å². The van der Waals surface area contributed by atoms with Gasteiger partial charge >= 0.3 is 0 Å². The zero-order chi connectivity index (χ0) is 8.27. The molecule has 0 amide bonds. The maximum Gasteiger partial charge on any atom is 0.120 e. The van der Waals surface area contributed by atoms with Gasteiger partial charge in [0.15, 0.2) is 0 Å². The highest BCUT2D eigenvalue weighted by Crippen LogP contribution is 2.25. The van der Waals surface area contributed by atoms with Gasteiger partial charge in [-0.25, -0.2) is 0 Å². The minimum Gasteiger partial charge on any atom is -0.494 e. The molecule has 0 aliphatic carbocycles. The van der Waals surface area contributed by atoms with Crippen LogP contribution in [0.3, 0.4) is 0 Å². The van der Waals surface area contributed by atoms with Crippen molar-refractivity contribution in [2.75, 3.05) is 6.61 Å². The number of ether oxygens (including phenoxy) is 1. The lowest BCUT2D eigenvalue weighted by Crippen LogP contribution is -1.86. The lowest BCUT2D eigenvalue weighted by Gasteiger charge is -2.02. The molecule has 0 fully saturated rings. The standard InChI is InChI=1S/C8H9BrOS/c1-3-10-6(2)7-4-8(9)11-5-7/h4-5H,2-3H2,1H3. The molecule has 1 aromatic heterocycles. The van der Waals surface area contributed by atoms with E-state index >= 15 is 0 Å². The summed E-state index contributed by atoms with van der Waals surface area (Å²) in [6, 6.07) is 2.00. The van der Waals surface area contributed by atoms with Crippen LogP contribution in [0.5, 0.6) is 0 Å². The summed E-state index contributed by atoms with van der Waals surface area (Å²) >= 11 is 5.01. The maximum atomic E-state index is 5.23. The van der Waals surface area contributed by atoms with Crippen molar-refractivity contribution in [1.82, 2.24) is 0 Å². The molecular formula is C8H9BrOS. The predicted octanol–water partition coefficient (Wildman–Crippen LogP) is 3.52. The Labute approximate surface area is 78.8 Å². The van der Waals surface area contributed by atoms with Gasteiger partial charge in [-0.15, -0.1) is 11.3 Å². The van der Waals surface area contributed by atoms with E-state index in [1.54, 1.807) is 11.3 Å². The largest absolute Gasteiger partial charge is 0.494 e. The van der Waals surface area contributed by atoms with Crippen LogP contribution in [0.2, 0.25) is 0 Å². The Bertz CT molecular complexity index is 254. The zero-order valence-electron chi connectivity index (χ0n) is 6.26. The molecule has 0 atom stereocenters. The first-order valence-corrected chi connectivity index (χ1v) is 4.97. The molecule has 1 aromatic rings. The molecule has 0 N–H and O–H groups in total. The molecule has 1 rings (SSSR count). The lowest BCUT2D eigenvalue weighted by atomic mass is 10.3. The second kappa shape index (κ2) is 3.93. The summed E-state index contributed by atoms with van der Waals surface area (Å²) in [7, 11) is 0. The molecule has 0 aromatic carbocycles. The molecule has 0 saturated heterocycles. The van der Waals surface area contributed by atoms with Crippen molar-refractivity contribution in [2.24, 2.45) is 0 Å². The molecule has 0 bridgehead atoms. The van der Waals surface area contributed by atoms with E-state index in [4.69, 9.17) is 4.74 Å². The van der Waals surface area contributed by atoms with Gasteiger partial charge in [0.25, 0.3) is 0 Å². The molecule has 0 radical (unpaired) electrons. The lowest BCUT2D eigenvalue weighted by molar-refractivity contribution is 0.299. The predicted molar refractivity (Wildman–Crippen MR) is 52.7 cm³/mol. The molecule has 1 nitrogen and oxygen atoms in total. The Morgan fingerprint density at radius 2 is 2.55 bits per heavy atom. The van der Waals surface area contributed by atoms with Gasteiger partial charge in [0.2, 0.25) is 0 Å². The summed E-state index contributed by atoms with van der Waals surface area (Å²) in [6.45, 7) is 6.42. The minimum atomic E-state index is 0.673. The van der Waals surface area contributed by atoms with Crippen molar-refractivity contribution in [3.63, 3.8) is 0 Å². The van der Waals surface area contributed by atoms with Gasteiger partial charge in [0.05, 0.1) is 10.4 Å². The minimum absolute atomic E-state index is 0.673. The van der Waals surface area contributed by atoms with Crippen LogP contribution in [0.15, 0.2) is 21.8 Å². The Balaban J connectivity index is 2.69. The molecule has 1 heterocycles. The van der Waals surface area contributed by atoms with E-state index in [2.05, 4.69) is 22.5 Å².